The molecular formula is C22H24ClNO4S2. The summed E-state index contributed by atoms with van der Waals surface area (Å²) in [6.07, 6.45) is 0.612. The number of benzene rings is 1. The minimum atomic E-state index is -1.40. The first-order valence-electron chi connectivity index (χ1n) is 9.50. The van der Waals surface area contributed by atoms with Crippen LogP contribution in [0.3, 0.4) is 0 Å². The lowest BCUT2D eigenvalue weighted by Crippen LogP contribution is -2.13. The first-order chi connectivity index (χ1) is 14.2. The molecule has 3 aromatic rings. The van der Waals surface area contributed by atoms with E-state index in [0.717, 1.165) is 27.6 Å². The van der Waals surface area contributed by atoms with Gasteiger partial charge in [0.15, 0.2) is 0 Å². The van der Waals surface area contributed by atoms with Gasteiger partial charge in [-0.2, -0.15) is 0 Å². The van der Waals surface area contributed by atoms with Gasteiger partial charge in [-0.1, -0.05) is 17.7 Å². The molecule has 2 heterocycles. The standard InChI is InChI=1S/C22H24ClNO4S2/c1-13-11-17(12-14(2)19(13)23)28-9-6-8-24-16(4)21(15(3)20(24)22(25)26)30(27)18-7-5-10-29-18/h5,7,10-12H,6,8-9H2,1-4H3,(H,25,26). The third-order valence-corrected chi connectivity index (χ3v) is 8.44. The summed E-state index contributed by atoms with van der Waals surface area (Å²) < 4.78 is 21.3. The van der Waals surface area contributed by atoms with Crippen molar-refractivity contribution >= 4 is 39.7 Å². The molecule has 8 heteroatoms. The molecule has 1 aromatic carbocycles. The van der Waals surface area contributed by atoms with E-state index in [-0.39, 0.29) is 5.69 Å². The minimum Gasteiger partial charge on any atom is -0.494 e. The number of carboxylic acids is 1. The molecule has 0 bridgehead atoms. The Labute approximate surface area is 187 Å². The molecular weight excluding hydrogens is 442 g/mol. The smallest absolute Gasteiger partial charge is 0.352 e. The van der Waals surface area contributed by atoms with Crippen LogP contribution in [0.15, 0.2) is 38.8 Å². The molecule has 0 aliphatic carbocycles. The summed E-state index contributed by atoms with van der Waals surface area (Å²) in [5, 5.41) is 12.4. The monoisotopic (exact) mass is 465 g/mol. The zero-order valence-corrected chi connectivity index (χ0v) is 19.7. The van der Waals surface area contributed by atoms with Crippen molar-refractivity contribution in [1.29, 1.82) is 0 Å². The van der Waals surface area contributed by atoms with Gasteiger partial charge in [0.1, 0.15) is 11.4 Å². The Morgan fingerprint density at radius 3 is 2.47 bits per heavy atom. The van der Waals surface area contributed by atoms with Crippen LogP contribution in [0.5, 0.6) is 5.75 Å². The van der Waals surface area contributed by atoms with E-state index in [9.17, 15) is 14.1 Å². The number of thiophene rings is 1. The second-order valence-electron chi connectivity index (χ2n) is 7.12. The second kappa shape index (κ2) is 9.37. The molecule has 0 radical (unpaired) electrons. The number of carbonyl (C=O) groups is 1. The summed E-state index contributed by atoms with van der Waals surface area (Å²) >= 11 is 7.60. The maximum absolute atomic E-state index is 13.0. The molecule has 1 unspecified atom stereocenters. The number of aromatic carboxylic acids is 1. The van der Waals surface area contributed by atoms with Crippen molar-refractivity contribution in [2.45, 2.75) is 49.8 Å². The van der Waals surface area contributed by atoms with E-state index in [4.69, 9.17) is 16.3 Å². The fraction of sp³-hybridized carbons (Fsp3) is 0.318. The van der Waals surface area contributed by atoms with Crippen molar-refractivity contribution in [1.82, 2.24) is 4.57 Å². The average Bonchev–Trinajstić information content (AvgIpc) is 3.30. The molecule has 0 spiro atoms. The third kappa shape index (κ3) is 4.48. The lowest BCUT2D eigenvalue weighted by Gasteiger charge is -2.12. The molecule has 1 N–H and O–H groups in total. The molecule has 0 saturated carbocycles. The van der Waals surface area contributed by atoms with Crippen LogP contribution in [-0.2, 0) is 17.3 Å². The molecule has 30 heavy (non-hydrogen) atoms. The van der Waals surface area contributed by atoms with Gasteiger partial charge < -0.3 is 14.4 Å². The Balaban J connectivity index is 1.78. The highest BCUT2D eigenvalue weighted by molar-refractivity contribution is 7.87. The Kier molecular flexibility index (Phi) is 7.06. The normalized spacial score (nSPS) is 12.2. The fourth-order valence-electron chi connectivity index (χ4n) is 3.57. The van der Waals surface area contributed by atoms with Gasteiger partial charge in [0.25, 0.3) is 0 Å². The molecule has 160 valence electrons. The van der Waals surface area contributed by atoms with Crippen molar-refractivity contribution in [3.05, 3.63) is 62.7 Å². The van der Waals surface area contributed by atoms with Crippen molar-refractivity contribution in [2.75, 3.05) is 6.61 Å². The number of carboxylic acid groups (broad SMARTS) is 1. The first-order valence-corrected chi connectivity index (χ1v) is 11.9. The van der Waals surface area contributed by atoms with E-state index in [1.54, 1.807) is 17.6 Å². The Hall–Kier alpha value is -2.09. The van der Waals surface area contributed by atoms with Gasteiger partial charge in [-0.3, -0.25) is 0 Å². The van der Waals surface area contributed by atoms with Gasteiger partial charge in [-0.25, -0.2) is 9.00 Å². The predicted molar refractivity (Wildman–Crippen MR) is 121 cm³/mol. The van der Waals surface area contributed by atoms with E-state index < -0.39 is 16.8 Å². The maximum atomic E-state index is 13.0. The van der Waals surface area contributed by atoms with Crippen molar-refractivity contribution < 1.29 is 18.8 Å². The van der Waals surface area contributed by atoms with Gasteiger partial charge in [0.05, 0.1) is 26.5 Å². The zero-order valence-electron chi connectivity index (χ0n) is 17.3. The largest absolute Gasteiger partial charge is 0.494 e. The Morgan fingerprint density at radius 2 is 1.90 bits per heavy atom. The highest BCUT2D eigenvalue weighted by Crippen LogP contribution is 2.31. The Bertz CT molecular complexity index is 1080. The van der Waals surface area contributed by atoms with Crippen LogP contribution >= 0.6 is 22.9 Å². The molecule has 0 fully saturated rings. The second-order valence-corrected chi connectivity index (χ2v) is 10.1. The van der Waals surface area contributed by atoms with Crippen molar-refractivity contribution in [3.8, 4) is 5.75 Å². The van der Waals surface area contributed by atoms with Crippen LogP contribution in [-0.4, -0.2) is 26.5 Å². The van der Waals surface area contributed by atoms with Crippen LogP contribution in [0.25, 0.3) is 0 Å². The summed E-state index contributed by atoms with van der Waals surface area (Å²) in [7, 11) is -1.40. The zero-order chi connectivity index (χ0) is 22.0. The molecule has 2 aromatic heterocycles. The van der Waals surface area contributed by atoms with E-state index in [2.05, 4.69) is 0 Å². The van der Waals surface area contributed by atoms with Crippen LogP contribution in [0.1, 0.15) is 39.3 Å². The summed E-state index contributed by atoms with van der Waals surface area (Å²) in [6, 6.07) is 7.44. The molecule has 0 aliphatic heterocycles. The average molecular weight is 466 g/mol. The van der Waals surface area contributed by atoms with Gasteiger partial charge in [0.2, 0.25) is 0 Å². The number of aryl methyl sites for hydroxylation is 2. The molecule has 0 aliphatic rings. The predicted octanol–water partition coefficient (Wildman–Crippen LogP) is 5.77. The van der Waals surface area contributed by atoms with Crippen molar-refractivity contribution in [2.24, 2.45) is 0 Å². The van der Waals surface area contributed by atoms with E-state index in [1.807, 2.05) is 44.4 Å². The quantitative estimate of drug-likeness (QED) is 0.429. The van der Waals surface area contributed by atoms with Gasteiger partial charge >= 0.3 is 5.97 Å². The van der Waals surface area contributed by atoms with Crippen LogP contribution in [0, 0.1) is 27.7 Å². The summed E-state index contributed by atoms with van der Waals surface area (Å²) in [5.74, 6) is -0.275. The lowest BCUT2D eigenvalue weighted by atomic mass is 10.1. The number of halogens is 1. The molecule has 1 atom stereocenters. The number of hydrogen-bond donors (Lipinski definition) is 1. The Morgan fingerprint density at radius 1 is 1.23 bits per heavy atom. The van der Waals surface area contributed by atoms with Crippen LogP contribution in [0.4, 0.5) is 0 Å². The maximum Gasteiger partial charge on any atom is 0.352 e. The number of rotatable bonds is 8. The highest BCUT2D eigenvalue weighted by Gasteiger charge is 2.26. The van der Waals surface area contributed by atoms with E-state index in [0.29, 0.717) is 34.2 Å². The first kappa shape index (κ1) is 22.6. The van der Waals surface area contributed by atoms with Gasteiger partial charge in [0, 0.05) is 17.3 Å². The fourth-order valence-corrected chi connectivity index (χ4v) is 6.05. The highest BCUT2D eigenvalue weighted by atomic mass is 35.5. The summed E-state index contributed by atoms with van der Waals surface area (Å²) in [5.41, 5.74) is 3.37. The third-order valence-electron chi connectivity index (χ3n) is 4.97. The number of hydrogen-bond acceptors (Lipinski definition) is 4. The number of aromatic nitrogens is 1. The topological polar surface area (TPSA) is 68.5 Å². The van der Waals surface area contributed by atoms with Gasteiger partial charge in [-0.05, 0) is 74.4 Å². The molecule has 0 amide bonds. The minimum absolute atomic E-state index is 0.186. The molecule has 0 saturated heterocycles. The SMILES string of the molecule is Cc1cc(OCCCn2c(C)c(S(=O)c3cccs3)c(C)c2C(=O)O)cc(C)c1Cl. The molecule has 3 rings (SSSR count). The van der Waals surface area contributed by atoms with E-state index >= 15 is 0 Å². The molecule has 5 nitrogen and oxygen atoms in total. The number of ether oxygens (including phenoxy) is 1. The van der Waals surface area contributed by atoms with Crippen LogP contribution < -0.4 is 4.74 Å². The summed E-state index contributed by atoms with van der Waals surface area (Å²) in [6.45, 7) is 8.31. The lowest BCUT2D eigenvalue weighted by molar-refractivity contribution is 0.0683. The van der Waals surface area contributed by atoms with Crippen molar-refractivity contribution in [3.63, 3.8) is 0 Å². The summed E-state index contributed by atoms with van der Waals surface area (Å²) in [4.78, 5) is 12.5. The number of nitrogens with zero attached hydrogens (tertiary/aromatic N) is 1. The van der Waals surface area contributed by atoms with Gasteiger partial charge in [-0.15, -0.1) is 11.3 Å². The van der Waals surface area contributed by atoms with E-state index in [1.165, 1.54) is 11.3 Å². The van der Waals surface area contributed by atoms with Crippen LogP contribution in [0.2, 0.25) is 5.02 Å².